The van der Waals surface area contributed by atoms with E-state index < -0.39 is 0 Å². The topological polar surface area (TPSA) is 91.1 Å². The van der Waals surface area contributed by atoms with E-state index in [1.54, 1.807) is 39.8 Å². The first kappa shape index (κ1) is 26.3. The first-order chi connectivity index (χ1) is 20.0. The van der Waals surface area contributed by atoms with E-state index in [-0.39, 0.29) is 0 Å². The normalized spacial score (nSPS) is 11.3. The first-order valence-corrected chi connectivity index (χ1v) is 13.4. The fourth-order valence-electron chi connectivity index (χ4n) is 4.51. The molecule has 41 heavy (non-hydrogen) atoms. The van der Waals surface area contributed by atoms with Crippen molar-refractivity contribution in [3.8, 4) is 33.9 Å². The lowest BCUT2D eigenvalue weighted by Gasteiger charge is -2.05. The number of carbonyl (C=O) groups excluding carboxylic acids is 1. The highest BCUT2D eigenvalue weighted by molar-refractivity contribution is 6.31. The van der Waals surface area contributed by atoms with E-state index in [1.807, 2.05) is 84.9 Å². The van der Waals surface area contributed by atoms with Crippen LogP contribution in [0.3, 0.4) is 0 Å². The quantitative estimate of drug-likeness (QED) is 0.155. The van der Waals surface area contributed by atoms with Crippen molar-refractivity contribution in [3.63, 3.8) is 0 Å². The molecule has 9 heteroatoms. The highest BCUT2D eigenvalue weighted by Gasteiger charge is 2.21. The van der Waals surface area contributed by atoms with Gasteiger partial charge < -0.3 is 5.73 Å². The number of nitrogens with zero attached hydrogens (tertiary/aromatic N) is 5. The molecule has 0 aliphatic carbocycles. The largest absolute Gasteiger partial charge is 0.383 e. The van der Waals surface area contributed by atoms with Gasteiger partial charge in [-0.15, -0.1) is 0 Å². The molecule has 6 rings (SSSR count). The third kappa shape index (κ3) is 5.16. The Labute approximate surface area is 246 Å². The number of aldehydes is 1. The van der Waals surface area contributed by atoms with Crippen LogP contribution in [0.1, 0.15) is 15.9 Å². The van der Waals surface area contributed by atoms with E-state index in [9.17, 15) is 4.79 Å². The summed E-state index contributed by atoms with van der Waals surface area (Å²) in [6.07, 6.45) is 2.39. The van der Waals surface area contributed by atoms with Gasteiger partial charge in [0.25, 0.3) is 0 Å². The molecule has 4 aromatic carbocycles. The maximum absolute atomic E-state index is 12.5. The maximum atomic E-state index is 12.5. The second-order valence-corrected chi connectivity index (χ2v) is 9.99. The van der Waals surface area contributed by atoms with Crippen molar-refractivity contribution in [3.05, 3.63) is 130 Å². The third-order valence-corrected chi connectivity index (χ3v) is 7.03. The van der Waals surface area contributed by atoms with Gasteiger partial charge in [-0.1, -0.05) is 83.9 Å². The van der Waals surface area contributed by atoms with Gasteiger partial charge >= 0.3 is 0 Å². The molecule has 0 saturated carbocycles. The van der Waals surface area contributed by atoms with Gasteiger partial charge in [0.2, 0.25) is 0 Å². The number of benzene rings is 4. The van der Waals surface area contributed by atoms with Crippen LogP contribution in [0.15, 0.2) is 114 Å². The number of aliphatic imine (C=N–C) groups is 1. The lowest BCUT2D eigenvalue weighted by molar-refractivity contribution is 0.112. The molecule has 0 atom stereocenters. The number of hydrogen-bond acceptors (Lipinski definition) is 5. The molecule has 0 unspecified atom stereocenters. The van der Waals surface area contributed by atoms with Gasteiger partial charge in [0, 0.05) is 27.4 Å². The summed E-state index contributed by atoms with van der Waals surface area (Å²) in [5.41, 5.74) is 11.8. The van der Waals surface area contributed by atoms with E-state index in [2.05, 4.69) is 0 Å². The molecule has 7 nitrogen and oxygen atoms in total. The van der Waals surface area contributed by atoms with Crippen LogP contribution >= 0.6 is 23.2 Å². The Kier molecular flexibility index (Phi) is 7.20. The number of carbonyl (C=O) groups is 1. The Balaban J connectivity index is 1.55. The van der Waals surface area contributed by atoms with Crippen LogP contribution in [-0.2, 0) is 0 Å². The molecule has 2 N–H and O–H groups in total. The maximum Gasteiger partial charge on any atom is 0.166 e. The van der Waals surface area contributed by atoms with Crippen LogP contribution < -0.4 is 5.73 Å². The molecular formula is C32H22Cl2N6O. The van der Waals surface area contributed by atoms with Gasteiger partial charge in [-0.2, -0.15) is 10.2 Å². The van der Waals surface area contributed by atoms with Crippen LogP contribution in [0.4, 0.5) is 11.6 Å². The zero-order valence-electron chi connectivity index (χ0n) is 21.5. The molecule has 0 aliphatic rings. The highest BCUT2D eigenvalue weighted by atomic mass is 35.5. The fraction of sp³-hybridized carbons (Fsp3) is 0. The van der Waals surface area contributed by atoms with Gasteiger partial charge in [0.1, 0.15) is 17.2 Å². The summed E-state index contributed by atoms with van der Waals surface area (Å²) in [5, 5.41) is 10.8. The molecule has 2 aromatic heterocycles. The van der Waals surface area contributed by atoms with E-state index in [4.69, 9.17) is 44.1 Å². The Morgan fingerprint density at radius 1 is 0.634 bits per heavy atom. The number of nitrogens with two attached hydrogens (primary N) is 1. The molecule has 2 heterocycles. The zero-order chi connectivity index (χ0) is 28.3. The summed E-state index contributed by atoms with van der Waals surface area (Å²) in [4.78, 5) is 17.3. The standard InChI is InChI=1S/C32H22Cl2N6O/c33-23-15-11-21(12-16-23)29-27(31(35)39(37-29)25-7-3-1-4-8-25)19-36-32-28(20-41)30(22-13-17-24(34)18-14-22)38-40(32)26-9-5-2-6-10-26/h1-20H,35H2/b36-19+. The monoisotopic (exact) mass is 576 g/mol. The van der Waals surface area contributed by atoms with Crippen molar-refractivity contribution in [1.82, 2.24) is 19.6 Å². The summed E-state index contributed by atoms with van der Waals surface area (Å²) >= 11 is 12.3. The molecule has 0 bridgehead atoms. The van der Waals surface area contributed by atoms with Gasteiger partial charge in [-0.05, 0) is 48.5 Å². The van der Waals surface area contributed by atoms with Crippen molar-refractivity contribution < 1.29 is 4.79 Å². The van der Waals surface area contributed by atoms with Crippen molar-refractivity contribution in [2.24, 2.45) is 4.99 Å². The Hall–Kier alpha value is -4.98. The smallest absolute Gasteiger partial charge is 0.166 e. The molecule has 0 fully saturated rings. The van der Waals surface area contributed by atoms with Crippen LogP contribution in [0.2, 0.25) is 10.0 Å². The molecule has 0 saturated heterocycles. The number of rotatable bonds is 7. The Bertz CT molecular complexity index is 1860. The number of hydrogen-bond donors (Lipinski definition) is 1. The van der Waals surface area contributed by atoms with Crippen molar-refractivity contribution in [2.75, 3.05) is 5.73 Å². The summed E-state index contributed by atoms with van der Waals surface area (Å²) in [7, 11) is 0. The molecule has 200 valence electrons. The van der Waals surface area contributed by atoms with Crippen LogP contribution in [-0.4, -0.2) is 32.1 Å². The van der Waals surface area contributed by atoms with E-state index >= 15 is 0 Å². The van der Waals surface area contributed by atoms with Gasteiger partial charge in [-0.25, -0.2) is 14.4 Å². The first-order valence-electron chi connectivity index (χ1n) is 12.7. The second kappa shape index (κ2) is 11.3. The van der Waals surface area contributed by atoms with E-state index in [1.165, 1.54) is 0 Å². The average Bonchev–Trinajstić information content (AvgIpc) is 3.55. The number of halogens is 2. The number of nitrogen functional groups attached to an aromatic ring is 1. The van der Waals surface area contributed by atoms with Gasteiger partial charge in [-0.3, -0.25) is 4.79 Å². The van der Waals surface area contributed by atoms with Crippen LogP contribution in [0.25, 0.3) is 33.9 Å². The van der Waals surface area contributed by atoms with E-state index in [0.717, 1.165) is 28.8 Å². The number of anilines is 1. The molecule has 0 amide bonds. The zero-order valence-corrected chi connectivity index (χ0v) is 23.0. The summed E-state index contributed by atoms with van der Waals surface area (Å²) in [6, 6.07) is 33.6. The SMILES string of the molecule is Nc1c(/C=N/c2c(C=O)c(-c3ccc(Cl)cc3)nn2-c2ccccc2)c(-c2ccc(Cl)cc2)nn1-c1ccccc1. The molecule has 0 aliphatic heterocycles. The summed E-state index contributed by atoms with van der Waals surface area (Å²) < 4.78 is 3.31. The lowest BCUT2D eigenvalue weighted by Crippen LogP contribution is -2.02. The summed E-state index contributed by atoms with van der Waals surface area (Å²) in [6.45, 7) is 0. The lowest BCUT2D eigenvalue weighted by atomic mass is 10.1. The third-order valence-electron chi connectivity index (χ3n) is 6.53. The number of para-hydroxylation sites is 2. The second-order valence-electron chi connectivity index (χ2n) is 9.12. The van der Waals surface area contributed by atoms with Crippen LogP contribution in [0.5, 0.6) is 0 Å². The molecular weight excluding hydrogens is 555 g/mol. The van der Waals surface area contributed by atoms with Gasteiger partial charge in [0.15, 0.2) is 12.1 Å². The predicted molar refractivity (Wildman–Crippen MR) is 165 cm³/mol. The highest BCUT2D eigenvalue weighted by Crippen LogP contribution is 2.34. The molecule has 6 aromatic rings. The Morgan fingerprint density at radius 3 is 1.61 bits per heavy atom. The minimum Gasteiger partial charge on any atom is -0.383 e. The number of aromatic nitrogens is 4. The minimum absolute atomic E-state index is 0.328. The predicted octanol–water partition coefficient (Wildman–Crippen LogP) is 7.84. The molecule has 0 spiro atoms. The Morgan fingerprint density at radius 2 is 1.10 bits per heavy atom. The van der Waals surface area contributed by atoms with Crippen molar-refractivity contribution in [2.45, 2.75) is 0 Å². The van der Waals surface area contributed by atoms with Crippen molar-refractivity contribution >= 4 is 47.3 Å². The van der Waals surface area contributed by atoms with Crippen molar-refractivity contribution in [1.29, 1.82) is 0 Å². The average molecular weight is 577 g/mol. The fourth-order valence-corrected chi connectivity index (χ4v) is 4.76. The summed E-state index contributed by atoms with van der Waals surface area (Å²) in [5.74, 6) is 0.742. The van der Waals surface area contributed by atoms with E-state index in [0.29, 0.717) is 44.2 Å². The van der Waals surface area contributed by atoms with Gasteiger partial charge in [0.05, 0.1) is 22.5 Å². The van der Waals surface area contributed by atoms with Crippen LogP contribution in [0, 0.1) is 0 Å². The molecule has 0 radical (unpaired) electrons. The minimum atomic E-state index is 0.328.